The molecule has 5 heterocycles. The van der Waals surface area contributed by atoms with E-state index in [0.29, 0.717) is 11.8 Å². The van der Waals surface area contributed by atoms with Crippen molar-refractivity contribution >= 4 is 10.9 Å². The molecule has 2 bridgehead atoms. The highest BCUT2D eigenvalue weighted by Crippen LogP contribution is 2.46. The molecule has 3 saturated heterocycles. The van der Waals surface area contributed by atoms with Crippen LogP contribution in [0.4, 0.5) is 0 Å². The van der Waals surface area contributed by atoms with E-state index in [9.17, 15) is 5.11 Å². The summed E-state index contributed by atoms with van der Waals surface area (Å²) in [5, 5.41) is 19.6. The standard InChI is InChI=1S/C16H20N4O/c21-16-10(12-8-20-3-1-9(12)2-4-20)5-13-15-11(16)6-17-7-14(15)19-18-13/h6-7,9-10,12,16,21H,1-5,8H2,(H,18,19)/t10-,12?,16?/m0/s1. The molecule has 4 aliphatic rings. The van der Waals surface area contributed by atoms with Crippen molar-refractivity contribution in [3.05, 3.63) is 23.7 Å². The van der Waals surface area contributed by atoms with E-state index in [-0.39, 0.29) is 0 Å². The van der Waals surface area contributed by atoms with Crippen molar-refractivity contribution < 1.29 is 5.11 Å². The zero-order valence-electron chi connectivity index (χ0n) is 12.0. The van der Waals surface area contributed by atoms with Crippen molar-refractivity contribution in [1.82, 2.24) is 20.1 Å². The smallest absolute Gasteiger partial charge is 0.0847 e. The van der Waals surface area contributed by atoms with Crippen LogP contribution in [0.15, 0.2) is 12.4 Å². The first-order valence-electron chi connectivity index (χ1n) is 8.02. The minimum Gasteiger partial charge on any atom is -0.388 e. The van der Waals surface area contributed by atoms with Gasteiger partial charge in [0.1, 0.15) is 0 Å². The van der Waals surface area contributed by atoms with Gasteiger partial charge in [0.2, 0.25) is 0 Å². The first-order chi connectivity index (χ1) is 10.3. The number of pyridine rings is 1. The van der Waals surface area contributed by atoms with Crippen molar-refractivity contribution in [3.8, 4) is 0 Å². The summed E-state index contributed by atoms with van der Waals surface area (Å²) in [6.07, 6.45) is 6.73. The van der Waals surface area contributed by atoms with E-state index in [1.807, 2.05) is 6.20 Å². The van der Waals surface area contributed by atoms with Crippen LogP contribution >= 0.6 is 0 Å². The Kier molecular flexibility index (Phi) is 2.47. The molecule has 2 aromatic heterocycles. The van der Waals surface area contributed by atoms with Gasteiger partial charge in [-0.1, -0.05) is 0 Å². The number of aromatic amines is 1. The Balaban J connectivity index is 1.56. The highest BCUT2D eigenvalue weighted by molar-refractivity contribution is 5.85. The van der Waals surface area contributed by atoms with Gasteiger partial charge in [0.05, 0.1) is 23.5 Å². The normalized spacial score (nSPS) is 38.0. The van der Waals surface area contributed by atoms with E-state index < -0.39 is 6.10 Å². The summed E-state index contributed by atoms with van der Waals surface area (Å²) in [5.74, 6) is 1.67. The molecule has 110 valence electrons. The fourth-order valence-corrected chi connectivity index (χ4v) is 4.89. The largest absolute Gasteiger partial charge is 0.388 e. The van der Waals surface area contributed by atoms with E-state index in [1.165, 1.54) is 25.9 Å². The van der Waals surface area contributed by atoms with Gasteiger partial charge in [0.15, 0.2) is 0 Å². The molecule has 3 aliphatic heterocycles. The van der Waals surface area contributed by atoms with Crippen LogP contribution in [0.25, 0.3) is 10.9 Å². The molecule has 3 fully saturated rings. The van der Waals surface area contributed by atoms with Crippen molar-refractivity contribution in [2.75, 3.05) is 19.6 Å². The second kappa shape index (κ2) is 4.27. The zero-order valence-corrected chi connectivity index (χ0v) is 12.0. The lowest BCUT2D eigenvalue weighted by molar-refractivity contribution is -0.0285. The summed E-state index contributed by atoms with van der Waals surface area (Å²) in [6, 6.07) is 0. The summed E-state index contributed by atoms with van der Waals surface area (Å²) in [6.45, 7) is 3.64. The van der Waals surface area contributed by atoms with Crippen LogP contribution in [0.2, 0.25) is 0 Å². The molecule has 1 aliphatic carbocycles. The summed E-state index contributed by atoms with van der Waals surface area (Å²) >= 11 is 0. The molecule has 0 saturated carbocycles. The molecule has 0 spiro atoms. The van der Waals surface area contributed by atoms with Crippen molar-refractivity contribution in [2.24, 2.45) is 17.8 Å². The number of nitrogens with one attached hydrogen (secondary N) is 1. The number of hydrogen-bond acceptors (Lipinski definition) is 4. The monoisotopic (exact) mass is 284 g/mol. The molecular weight excluding hydrogens is 264 g/mol. The average Bonchev–Trinajstić information content (AvgIpc) is 2.96. The number of piperidine rings is 3. The van der Waals surface area contributed by atoms with Crippen LogP contribution in [-0.2, 0) is 6.42 Å². The summed E-state index contributed by atoms with van der Waals surface area (Å²) in [7, 11) is 0. The van der Waals surface area contributed by atoms with Gasteiger partial charge in [0, 0.05) is 23.7 Å². The van der Waals surface area contributed by atoms with Crippen LogP contribution in [0, 0.1) is 17.8 Å². The Morgan fingerprint density at radius 3 is 2.81 bits per heavy atom. The van der Waals surface area contributed by atoms with Crippen LogP contribution in [0.5, 0.6) is 0 Å². The number of H-pyrrole nitrogens is 1. The third-order valence-electron chi connectivity index (χ3n) is 5.99. The zero-order chi connectivity index (χ0) is 14.0. The average molecular weight is 284 g/mol. The van der Waals surface area contributed by atoms with Crippen LogP contribution in [-0.4, -0.2) is 44.8 Å². The van der Waals surface area contributed by atoms with E-state index in [2.05, 4.69) is 20.1 Å². The lowest BCUT2D eigenvalue weighted by atomic mass is 9.67. The number of fused-ring (bicyclic) bond motifs is 3. The number of aromatic nitrogens is 3. The summed E-state index contributed by atoms with van der Waals surface area (Å²) in [4.78, 5) is 6.83. The first-order valence-corrected chi connectivity index (χ1v) is 8.02. The second-order valence-corrected chi connectivity index (χ2v) is 6.94. The molecule has 0 aromatic carbocycles. The minimum atomic E-state index is -0.392. The molecule has 5 nitrogen and oxygen atoms in total. The highest BCUT2D eigenvalue weighted by Gasteiger charge is 2.43. The molecule has 2 unspecified atom stereocenters. The van der Waals surface area contributed by atoms with Crippen LogP contribution < -0.4 is 0 Å². The van der Waals surface area contributed by atoms with Gasteiger partial charge >= 0.3 is 0 Å². The van der Waals surface area contributed by atoms with Crippen molar-refractivity contribution in [1.29, 1.82) is 0 Å². The quantitative estimate of drug-likeness (QED) is 0.833. The number of hydrogen-bond donors (Lipinski definition) is 2. The lowest BCUT2D eigenvalue weighted by Crippen LogP contribution is -2.51. The maximum absolute atomic E-state index is 10.9. The van der Waals surface area contributed by atoms with Gasteiger partial charge in [-0.15, -0.1) is 0 Å². The minimum absolute atomic E-state index is 0.293. The van der Waals surface area contributed by atoms with Crippen LogP contribution in [0.3, 0.4) is 0 Å². The fraction of sp³-hybridized carbons (Fsp3) is 0.625. The number of aliphatic hydroxyl groups excluding tert-OH is 1. The van der Waals surface area contributed by atoms with Gasteiger partial charge in [-0.3, -0.25) is 10.1 Å². The predicted molar refractivity (Wildman–Crippen MR) is 78.7 cm³/mol. The van der Waals surface area contributed by atoms with Crippen molar-refractivity contribution in [3.63, 3.8) is 0 Å². The molecule has 3 atom stereocenters. The van der Waals surface area contributed by atoms with Gasteiger partial charge in [-0.05, 0) is 50.1 Å². The van der Waals surface area contributed by atoms with Crippen LogP contribution in [0.1, 0.15) is 30.2 Å². The van der Waals surface area contributed by atoms with E-state index >= 15 is 0 Å². The van der Waals surface area contributed by atoms with Gasteiger partial charge < -0.3 is 10.0 Å². The molecule has 2 N–H and O–H groups in total. The number of nitrogens with zero attached hydrogens (tertiary/aromatic N) is 3. The predicted octanol–water partition coefficient (Wildman–Crippen LogP) is 1.51. The van der Waals surface area contributed by atoms with Crippen molar-refractivity contribution in [2.45, 2.75) is 25.4 Å². The number of aliphatic hydroxyl groups is 1. The van der Waals surface area contributed by atoms with Gasteiger partial charge in [0.25, 0.3) is 0 Å². The highest BCUT2D eigenvalue weighted by atomic mass is 16.3. The fourth-order valence-electron chi connectivity index (χ4n) is 4.89. The first kappa shape index (κ1) is 12.1. The van der Waals surface area contributed by atoms with E-state index in [4.69, 9.17) is 0 Å². The summed E-state index contributed by atoms with van der Waals surface area (Å²) < 4.78 is 0. The third kappa shape index (κ3) is 1.64. The molecular formula is C16H20N4O. The topological polar surface area (TPSA) is 65.0 Å². The van der Waals surface area contributed by atoms with E-state index in [0.717, 1.165) is 41.0 Å². The molecule has 0 radical (unpaired) electrons. The molecule has 6 rings (SSSR count). The molecule has 0 amide bonds. The maximum atomic E-state index is 10.9. The molecule has 21 heavy (non-hydrogen) atoms. The van der Waals surface area contributed by atoms with Gasteiger partial charge in [-0.2, -0.15) is 5.10 Å². The molecule has 5 heteroatoms. The van der Waals surface area contributed by atoms with E-state index in [1.54, 1.807) is 6.20 Å². The lowest BCUT2D eigenvalue weighted by Gasteiger charge is -2.49. The second-order valence-electron chi connectivity index (χ2n) is 6.94. The Morgan fingerprint density at radius 1 is 1.19 bits per heavy atom. The SMILES string of the molecule is OC1c2cncc3[nH]nc(c23)C[C@H]1C1CN2CCC1CC2. The Hall–Kier alpha value is -1.46. The number of rotatable bonds is 1. The van der Waals surface area contributed by atoms with Gasteiger partial charge in [-0.25, -0.2) is 0 Å². The Labute approximate surface area is 123 Å². The third-order valence-corrected chi connectivity index (χ3v) is 5.99. The molecule has 2 aromatic rings. The Bertz CT molecular complexity index is 689. The summed E-state index contributed by atoms with van der Waals surface area (Å²) in [5.41, 5.74) is 3.05. The maximum Gasteiger partial charge on any atom is 0.0847 e. The Morgan fingerprint density at radius 2 is 2.05 bits per heavy atom.